The van der Waals surface area contributed by atoms with Gasteiger partial charge >= 0.3 is 5.97 Å². The number of hydrogen-bond acceptors (Lipinski definition) is 2. The molecule has 0 aromatic heterocycles. The normalized spacial score (nSPS) is 12.3. The van der Waals surface area contributed by atoms with Gasteiger partial charge in [-0.1, -0.05) is 0 Å². The van der Waals surface area contributed by atoms with E-state index in [1.165, 1.54) is 0 Å². The summed E-state index contributed by atoms with van der Waals surface area (Å²) >= 11 is 6.28. The molecule has 1 atom stereocenters. The molecular weight excluding hydrogens is 489 g/mol. The van der Waals surface area contributed by atoms with Gasteiger partial charge in [-0.2, -0.15) is 0 Å². The zero-order chi connectivity index (χ0) is 8.85. The third-order valence-corrected chi connectivity index (χ3v) is 2.06. The minimum atomic E-state index is -0.941. The van der Waals surface area contributed by atoms with Crippen LogP contribution < -0.4 is 0 Å². The molecule has 0 saturated heterocycles. The highest BCUT2D eigenvalue weighted by Gasteiger charge is 2.03. The van der Waals surface area contributed by atoms with Crippen molar-refractivity contribution in [1.82, 2.24) is 0 Å². The molecule has 0 radical (unpaired) electrons. The van der Waals surface area contributed by atoms with E-state index >= 15 is 0 Å². The lowest BCUT2D eigenvalue weighted by atomic mass is 10.7. The molecule has 0 aliphatic heterocycles. The van der Waals surface area contributed by atoms with Gasteiger partial charge in [-0.25, -0.2) is 4.79 Å². The molecule has 0 aromatic rings. The fourth-order valence-corrected chi connectivity index (χ4v) is 2.87. The van der Waals surface area contributed by atoms with Crippen LogP contribution in [0.1, 0.15) is 0 Å². The summed E-state index contributed by atoms with van der Waals surface area (Å²) in [6.45, 7) is -0.245. The number of hydrogen-bond donors (Lipinski definition) is 1. The van der Waals surface area contributed by atoms with Crippen LogP contribution in [-0.4, -0.2) is 21.8 Å². The molecule has 1 unspecified atom stereocenters. The van der Waals surface area contributed by atoms with Gasteiger partial charge in [0.2, 0.25) is 0 Å². The average molecular weight is 494 g/mol. The van der Waals surface area contributed by atoms with Gasteiger partial charge in [0.15, 0.2) is 0 Å². The molecule has 0 amide bonds. The first kappa shape index (κ1) is 12.4. The molecular formula is C5H5I3O3. The standard InChI is InChI=1S/C5H5I3O3/c6-3(7)1-4(8)11-2-5(9)10/h1,4H,2H2,(H,9,10). The number of rotatable bonds is 4. The molecule has 0 aliphatic rings. The van der Waals surface area contributed by atoms with Crippen molar-refractivity contribution >= 4 is 73.7 Å². The Hall–Kier alpha value is 1.36. The number of carboxylic acid groups (broad SMARTS) is 1. The Morgan fingerprint density at radius 3 is 2.55 bits per heavy atom. The van der Waals surface area contributed by atoms with Crippen molar-refractivity contribution in [3.8, 4) is 0 Å². The molecule has 0 spiro atoms. The molecule has 0 fully saturated rings. The van der Waals surface area contributed by atoms with Gasteiger partial charge in [0.1, 0.15) is 10.7 Å². The molecule has 0 heterocycles. The highest BCUT2D eigenvalue weighted by molar-refractivity contribution is 14.2. The Kier molecular flexibility index (Phi) is 7.68. The van der Waals surface area contributed by atoms with Crippen molar-refractivity contribution in [3.63, 3.8) is 0 Å². The Labute approximate surface area is 105 Å². The smallest absolute Gasteiger partial charge is 0.329 e. The van der Waals surface area contributed by atoms with E-state index in [2.05, 4.69) is 45.2 Å². The monoisotopic (exact) mass is 494 g/mol. The minimum absolute atomic E-state index is 0.160. The second-order valence-corrected chi connectivity index (χ2v) is 7.13. The maximum Gasteiger partial charge on any atom is 0.329 e. The van der Waals surface area contributed by atoms with Gasteiger partial charge in [-0.05, 0) is 73.8 Å². The Morgan fingerprint density at radius 2 is 2.18 bits per heavy atom. The summed E-state index contributed by atoms with van der Waals surface area (Å²) in [7, 11) is 0. The third-order valence-electron chi connectivity index (χ3n) is 0.623. The molecule has 0 bridgehead atoms. The quantitative estimate of drug-likeness (QED) is 0.484. The second kappa shape index (κ2) is 6.83. The van der Waals surface area contributed by atoms with Crippen LogP contribution in [0.3, 0.4) is 0 Å². The maximum atomic E-state index is 10.0. The van der Waals surface area contributed by atoms with Crippen LogP contribution in [0.25, 0.3) is 0 Å². The lowest BCUT2D eigenvalue weighted by Gasteiger charge is -2.03. The summed E-state index contributed by atoms with van der Waals surface area (Å²) in [6, 6.07) is 0. The van der Waals surface area contributed by atoms with E-state index in [1.807, 2.05) is 28.7 Å². The minimum Gasteiger partial charge on any atom is -0.480 e. The molecule has 0 aromatic carbocycles. The van der Waals surface area contributed by atoms with E-state index in [0.717, 1.165) is 1.59 Å². The lowest BCUT2D eigenvalue weighted by molar-refractivity contribution is -0.142. The van der Waals surface area contributed by atoms with Gasteiger partial charge in [-0.15, -0.1) is 0 Å². The van der Waals surface area contributed by atoms with E-state index < -0.39 is 5.97 Å². The number of carbonyl (C=O) groups is 1. The topological polar surface area (TPSA) is 46.5 Å². The molecule has 0 saturated carbocycles. The van der Waals surface area contributed by atoms with Crippen LogP contribution in [-0.2, 0) is 9.53 Å². The van der Waals surface area contributed by atoms with Gasteiger partial charge in [0, 0.05) is 0 Å². The van der Waals surface area contributed by atoms with Crippen molar-refractivity contribution in [2.75, 3.05) is 6.61 Å². The van der Waals surface area contributed by atoms with Crippen molar-refractivity contribution in [1.29, 1.82) is 0 Å². The molecule has 3 nitrogen and oxygen atoms in total. The highest BCUT2D eigenvalue weighted by atomic mass is 127. The number of aliphatic carboxylic acids is 1. The van der Waals surface area contributed by atoms with Crippen LogP contribution in [0.2, 0.25) is 0 Å². The van der Waals surface area contributed by atoms with E-state index in [9.17, 15) is 4.79 Å². The van der Waals surface area contributed by atoms with Crippen LogP contribution in [0.5, 0.6) is 0 Å². The predicted octanol–water partition coefficient (Wildman–Crippen LogP) is 2.56. The number of ether oxygens (including phenoxy) is 1. The fraction of sp³-hybridized carbons (Fsp3) is 0.400. The number of carboxylic acids is 1. The van der Waals surface area contributed by atoms with Gasteiger partial charge in [0.05, 0.1) is 1.59 Å². The maximum absolute atomic E-state index is 10.0. The van der Waals surface area contributed by atoms with E-state index in [4.69, 9.17) is 9.84 Å². The summed E-state index contributed by atoms with van der Waals surface area (Å²) in [5.41, 5.74) is 0. The van der Waals surface area contributed by atoms with E-state index in [1.54, 1.807) is 0 Å². The first-order valence-electron chi connectivity index (χ1n) is 2.52. The van der Waals surface area contributed by atoms with E-state index in [0.29, 0.717) is 0 Å². The largest absolute Gasteiger partial charge is 0.480 e. The number of halogens is 3. The molecule has 6 heteroatoms. The summed E-state index contributed by atoms with van der Waals surface area (Å²) in [4.78, 5) is 10.0. The number of alkyl halides is 1. The summed E-state index contributed by atoms with van der Waals surface area (Å²) in [5.74, 6) is -0.941. The second-order valence-electron chi connectivity index (χ2n) is 1.51. The lowest BCUT2D eigenvalue weighted by Crippen LogP contribution is -2.10. The van der Waals surface area contributed by atoms with Crippen molar-refractivity contribution < 1.29 is 14.6 Å². The van der Waals surface area contributed by atoms with E-state index in [-0.39, 0.29) is 10.7 Å². The molecule has 1 N–H and O–H groups in total. The average Bonchev–Trinajstić information content (AvgIpc) is 1.82. The summed E-state index contributed by atoms with van der Waals surface area (Å²) < 4.78 is 5.82. The molecule has 0 rings (SSSR count). The van der Waals surface area contributed by atoms with Crippen molar-refractivity contribution in [2.45, 2.75) is 4.11 Å². The summed E-state index contributed by atoms with van der Waals surface area (Å²) in [6.07, 6.45) is 1.84. The predicted molar refractivity (Wildman–Crippen MR) is 67.5 cm³/mol. The first-order chi connectivity index (χ1) is 5.02. The summed E-state index contributed by atoms with van der Waals surface area (Å²) in [5, 5.41) is 8.24. The Morgan fingerprint density at radius 1 is 1.64 bits per heavy atom. The highest BCUT2D eigenvalue weighted by Crippen LogP contribution is 2.18. The van der Waals surface area contributed by atoms with Crippen LogP contribution in [0.4, 0.5) is 0 Å². The Bertz CT molecular complexity index is 164. The SMILES string of the molecule is O=C(O)COC(I)C=C(I)I. The van der Waals surface area contributed by atoms with Crippen molar-refractivity contribution in [2.24, 2.45) is 0 Å². The van der Waals surface area contributed by atoms with Gasteiger partial charge in [0.25, 0.3) is 0 Å². The third kappa shape index (κ3) is 9.27. The molecule has 11 heavy (non-hydrogen) atoms. The zero-order valence-corrected chi connectivity index (χ0v) is 11.7. The zero-order valence-electron chi connectivity index (χ0n) is 5.26. The van der Waals surface area contributed by atoms with Gasteiger partial charge < -0.3 is 9.84 Å². The van der Waals surface area contributed by atoms with Crippen LogP contribution in [0.15, 0.2) is 7.66 Å². The van der Waals surface area contributed by atoms with Crippen LogP contribution >= 0.6 is 67.8 Å². The first-order valence-corrected chi connectivity index (χ1v) is 5.93. The van der Waals surface area contributed by atoms with Crippen molar-refractivity contribution in [3.05, 3.63) is 7.66 Å². The fourth-order valence-electron chi connectivity index (χ4n) is 0.298. The van der Waals surface area contributed by atoms with Gasteiger partial charge in [-0.3, -0.25) is 0 Å². The van der Waals surface area contributed by atoms with Crippen LogP contribution in [0, 0.1) is 0 Å². The molecule has 0 aliphatic carbocycles. The Balaban J connectivity index is 3.61. The molecule has 64 valence electrons.